The van der Waals surface area contributed by atoms with Crippen LogP contribution in [0, 0.1) is 0 Å². The molecule has 3 aromatic carbocycles. The predicted molar refractivity (Wildman–Crippen MR) is 88.0 cm³/mol. The second-order valence-electron chi connectivity index (χ2n) is 6.08. The average molecular weight is 332 g/mol. The molecule has 3 aromatic rings. The number of hydrogen-bond acceptors (Lipinski definition) is 5. The highest BCUT2D eigenvalue weighted by molar-refractivity contribution is 5.97. The van der Waals surface area contributed by atoms with Crippen molar-refractivity contribution < 1.29 is 24.5 Å². The molecule has 2 heterocycles. The molecule has 5 heteroatoms. The third-order valence-electron chi connectivity index (χ3n) is 4.68. The van der Waals surface area contributed by atoms with E-state index in [0.29, 0.717) is 33.8 Å². The lowest BCUT2D eigenvalue weighted by atomic mass is 9.77. The first kappa shape index (κ1) is 13.9. The minimum Gasteiger partial charge on any atom is -0.508 e. The number of hydrogen-bond donors (Lipinski definition) is 2. The third kappa shape index (κ3) is 1.69. The van der Waals surface area contributed by atoms with Crippen molar-refractivity contribution in [3.63, 3.8) is 0 Å². The largest absolute Gasteiger partial charge is 0.508 e. The molecule has 0 saturated heterocycles. The van der Waals surface area contributed by atoms with E-state index in [1.54, 1.807) is 24.3 Å². The molecule has 2 aliphatic rings. The fourth-order valence-electron chi connectivity index (χ4n) is 3.65. The standard InChI is InChI=1S/C20H12O5/c21-11-5-7-13-16(9-11)20(25-19(13)23)14-3-1-2-4-17(14)24-18-10-12(22)6-8-15(18)20/h1-10,21-22H. The zero-order valence-electron chi connectivity index (χ0n) is 12.9. The molecule has 2 N–H and O–H groups in total. The van der Waals surface area contributed by atoms with Gasteiger partial charge in [-0.1, -0.05) is 18.2 Å². The molecule has 2 aliphatic heterocycles. The molecule has 1 unspecified atom stereocenters. The Labute approximate surface area is 142 Å². The van der Waals surface area contributed by atoms with Crippen molar-refractivity contribution in [1.82, 2.24) is 0 Å². The molecule has 1 spiro atoms. The van der Waals surface area contributed by atoms with Crippen LogP contribution in [0.15, 0.2) is 60.7 Å². The van der Waals surface area contributed by atoms with Gasteiger partial charge in [-0.25, -0.2) is 4.79 Å². The van der Waals surface area contributed by atoms with E-state index in [4.69, 9.17) is 9.47 Å². The Bertz CT molecular complexity index is 1060. The van der Waals surface area contributed by atoms with Gasteiger partial charge in [-0.05, 0) is 36.4 Å². The molecule has 5 nitrogen and oxygen atoms in total. The topological polar surface area (TPSA) is 76.0 Å². The van der Waals surface area contributed by atoms with Gasteiger partial charge in [0.1, 0.15) is 23.0 Å². The van der Waals surface area contributed by atoms with Crippen molar-refractivity contribution in [2.45, 2.75) is 5.60 Å². The Hall–Kier alpha value is -3.47. The van der Waals surface area contributed by atoms with Gasteiger partial charge in [0.05, 0.1) is 5.56 Å². The lowest BCUT2D eigenvalue weighted by Crippen LogP contribution is -2.32. The van der Waals surface area contributed by atoms with Gasteiger partial charge in [-0.3, -0.25) is 0 Å². The van der Waals surface area contributed by atoms with Crippen LogP contribution in [0.3, 0.4) is 0 Å². The average Bonchev–Trinajstić information content (AvgIpc) is 2.88. The second kappa shape index (κ2) is 4.54. The molecule has 0 fully saturated rings. The highest BCUT2D eigenvalue weighted by Crippen LogP contribution is 2.56. The van der Waals surface area contributed by atoms with Crippen LogP contribution < -0.4 is 4.74 Å². The first-order valence-electron chi connectivity index (χ1n) is 7.77. The summed E-state index contributed by atoms with van der Waals surface area (Å²) in [5.74, 6) is 0.562. The van der Waals surface area contributed by atoms with E-state index in [9.17, 15) is 15.0 Å². The molecule has 0 bridgehead atoms. The van der Waals surface area contributed by atoms with Crippen LogP contribution in [0.2, 0.25) is 0 Å². The summed E-state index contributed by atoms with van der Waals surface area (Å²) in [6, 6.07) is 16.5. The minimum atomic E-state index is -1.22. The summed E-state index contributed by atoms with van der Waals surface area (Å²) in [6.45, 7) is 0. The van der Waals surface area contributed by atoms with Crippen LogP contribution in [0.5, 0.6) is 23.0 Å². The molecule has 1 atom stereocenters. The van der Waals surface area contributed by atoms with Crippen molar-refractivity contribution in [2.75, 3.05) is 0 Å². The zero-order valence-corrected chi connectivity index (χ0v) is 12.9. The number of ether oxygens (including phenoxy) is 2. The van der Waals surface area contributed by atoms with Crippen LogP contribution >= 0.6 is 0 Å². The number of rotatable bonds is 0. The van der Waals surface area contributed by atoms with Gasteiger partial charge >= 0.3 is 5.97 Å². The Balaban J connectivity index is 1.92. The molecule has 0 aromatic heterocycles. The fourth-order valence-corrected chi connectivity index (χ4v) is 3.65. The summed E-state index contributed by atoms with van der Waals surface area (Å²) in [4.78, 5) is 12.5. The normalized spacial score (nSPS) is 19.6. The summed E-state index contributed by atoms with van der Waals surface area (Å²) in [6.07, 6.45) is 0. The number of aromatic hydroxyl groups is 2. The molecule has 0 amide bonds. The predicted octanol–water partition coefficient (Wildman–Crippen LogP) is 3.67. The molecule has 0 saturated carbocycles. The van der Waals surface area contributed by atoms with Crippen molar-refractivity contribution in [3.8, 4) is 23.0 Å². The summed E-state index contributed by atoms with van der Waals surface area (Å²) >= 11 is 0. The van der Waals surface area contributed by atoms with E-state index >= 15 is 0 Å². The Morgan fingerprint density at radius 2 is 1.48 bits per heavy atom. The van der Waals surface area contributed by atoms with Crippen LogP contribution in [0.4, 0.5) is 0 Å². The van der Waals surface area contributed by atoms with Gasteiger partial charge in [-0.15, -0.1) is 0 Å². The number of esters is 1. The third-order valence-corrected chi connectivity index (χ3v) is 4.68. The van der Waals surface area contributed by atoms with Crippen LogP contribution in [-0.4, -0.2) is 16.2 Å². The molecule has 25 heavy (non-hydrogen) atoms. The molecule has 0 aliphatic carbocycles. The number of benzene rings is 3. The van der Waals surface area contributed by atoms with E-state index < -0.39 is 11.6 Å². The Morgan fingerprint density at radius 1 is 0.760 bits per heavy atom. The smallest absolute Gasteiger partial charge is 0.340 e. The number of phenols is 2. The highest BCUT2D eigenvalue weighted by atomic mass is 16.6. The molecule has 5 rings (SSSR count). The summed E-state index contributed by atoms with van der Waals surface area (Å²) in [5.41, 5.74) is 1.00. The second-order valence-corrected chi connectivity index (χ2v) is 6.08. The van der Waals surface area contributed by atoms with Crippen LogP contribution in [-0.2, 0) is 10.3 Å². The molecular weight excluding hydrogens is 320 g/mol. The lowest BCUT2D eigenvalue weighted by Gasteiger charge is -2.36. The fraction of sp³-hybridized carbons (Fsp3) is 0.0500. The van der Waals surface area contributed by atoms with E-state index in [1.165, 1.54) is 18.2 Å². The van der Waals surface area contributed by atoms with Crippen molar-refractivity contribution in [1.29, 1.82) is 0 Å². The lowest BCUT2D eigenvalue weighted by molar-refractivity contribution is 0.0224. The van der Waals surface area contributed by atoms with Crippen molar-refractivity contribution in [3.05, 3.63) is 82.9 Å². The molecule has 122 valence electrons. The van der Waals surface area contributed by atoms with E-state index in [0.717, 1.165) is 0 Å². The minimum absolute atomic E-state index is 0.0423. The van der Waals surface area contributed by atoms with E-state index in [2.05, 4.69) is 0 Å². The number of carbonyl (C=O) groups is 1. The van der Waals surface area contributed by atoms with Crippen molar-refractivity contribution in [2.24, 2.45) is 0 Å². The highest BCUT2D eigenvalue weighted by Gasteiger charge is 2.53. The number of phenolic OH excluding ortho intramolecular Hbond substituents is 2. The van der Waals surface area contributed by atoms with Gasteiger partial charge in [0.2, 0.25) is 0 Å². The summed E-state index contributed by atoms with van der Waals surface area (Å²) in [5, 5.41) is 19.8. The summed E-state index contributed by atoms with van der Waals surface area (Å²) in [7, 11) is 0. The monoisotopic (exact) mass is 332 g/mol. The van der Waals surface area contributed by atoms with Gasteiger partial charge in [0.15, 0.2) is 5.60 Å². The van der Waals surface area contributed by atoms with Crippen LogP contribution in [0.1, 0.15) is 27.0 Å². The number of para-hydroxylation sites is 1. The molecular formula is C20H12O5. The van der Waals surface area contributed by atoms with Crippen molar-refractivity contribution >= 4 is 5.97 Å². The first-order valence-corrected chi connectivity index (χ1v) is 7.77. The molecule has 0 radical (unpaired) electrons. The van der Waals surface area contributed by atoms with Gasteiger partial charge in [0, 0.05) is 22.8 Å². The van der Waals surface area contributed by atoms with Gasteiger partial charge < -0.3 is 19.7 Å². The SMILES string of the molecule is O=C1OC2(c3ccccc3Oc3cc(O)ccc32)c2cc(O)ccc21. The maximum atomic E-state index is 12.5. The Morgan fingerprint density at radius 3 is 2.36 bits per heavy atom. The quantitative estimate of drug-likeness (QED) is 0.614. The maximum absolute atomic E-state index is 12.5. The van der Waals surface area contributed by atoms with Gasteiger partial charge in [0.25, 0.3) is 0 Å². The van der Waals surface area contributed by atoms with E-state index in [-0.39, 0.29) is 11.5 Å². The number of fused-ring (bicyclic) bond motifs is 6. The first-order chi connectivity index (χ1) is 12.1. The maximum Gasteiger partial charge on any atom is 0.340 e. The van der Waals surface area contributed by atoms with E-state index in [1.807, 2.05) is 18.2 Å². The zero-order chi connectivity index (χ0) is 17.2. The summed E-state index contributed by atoms with van der Waals surface area (Å²) < 4.78 is 11.8. The van der Waals surface area contributed by atoms with Crippen LogP contribution in [0.25, 0.3) is 0 Å². The van der Waals surface area contributed by atoms with Gasteiger partial charge in [-0.2, -0.15) is 0 Å². The number of carbonyl (C=O) groups excluding carboxylic acids is 1. The Kier molecular flexibility index (Phi) is 2.53.